The van der Waals surface area contributed by atoms with Gasteiger partial charge in [-0.25, -0.2) is 13.2 Å². The molecule has 0 spiro atoms. The lowest BCUT2D eigenvalue weighted by atomic mass is 10.3. The third kappa shape index (κ3) is 2.34. The molecule has 0 aromatic heterocycles. The lowest BCUT2D eigenvalue weighted by molar-refractivity contribution is -0.139. The van der Waals surface area contributed by atoms with Gasteiger partial charge in [0.2, 0.25) is 14.7 Å². The quantitative estimate of drug-likeness (QED) is 0.712. The zero-order valence-electron chi connectivity index (χ0n) is 8.63. The van der Waals surface area contributed by atoms with Crippen LogP contribution in [0.15, 0.2) is 33.6 Å². The highest BCUT2D eigenvalue weighted by Gasteiger charge is 2.47. The Labute approximate surface area is 107 Å². The predicted octanol–water partition coefficient (Wildman–Crippen LogP) is -0.0789. The van der Waals surface area contributed by atoms with E-state index in [1.807, 2.05) is 0 Å². The minimum absolute atomic E-state index is 0.184. The summed E-state index contributed by atoms with van der Waals surface area (Å²) < 4.78 is 24.7. The summed E-state index contributed by atoms with van der Waals surface area (Å²) in [6, 6.07) is 5.48. The maximum Gasteiger partial charge on any atom is 0.341 e. The smallest absolute Gasteiger partial charge is 0.341 e. The normalized spacial score (nSPS) is 15.2. The molecule has 8 heteroatoms. The van der Waals surface area contributed by atoms with E-state index in [1.54, 1.807) is 0 Å². The van der Waals surface area contributed by atoms with Crippen molar-refractivity contribution >= 4 is 31.7 Å². The molecular weight excluding hydrogens is 312 g/mol. The second-order valence-corrected chi connectivity index (χ2v) is 6.48. The average Bonchev–Trinajstić information content (AvgIpc) is 2.28. The van der Waals surface area contributed by atoms with E-state index in [9.17, 15) is 13.2 Å². The second-order valence-electron chi connectivity index (χ2n) is 3.36. The van der Waals surface area contributed by atoms with Gasteiger partial charge in [-0.3, -0.25) is 0 Å². The lowest BCUT2D eigenvalue weighted by Crippen LogP contribution is -2.59. The number of nitrogens with two attached hydrogens (primary N) is 2. The van der Waals surface area contributed by atoms with E-state index in [2.05, 4.69) is 15.9 Å². The fraction of sp³-hybridized carbons (Fsp3) is 0.222. The Morgan fingerprint density at radius 3 is 2.18 bits per heavy atom. The highest BCUT2D eigenvalue weighted by Crippen LogP contribution is 2.23. The summed E-state index contributed by atoms with van der Waals surface area (Å²) in [5.74, 6) is -1.68. The number of rotatable bonds is 4. The van der Waals surface area contributed by atoms with E-state index in [0.717, 1.165) is 0 Å². The van der Waals surface area contributed by atoms with Gasteiger partial charge in [0.15, 0.2) is 0 Å². The minimum Gasteiger partial charge on any atom is -0.479 e. The topological polar surface area (TPSA) is 123 Å². The van der Waals surface area contributed by atoms with Gasteiger partial charge in [-0.05, 0) is 24.3 Å². The van der Waals surface area contributed by atoms with Gasteiger partial charge in [-0.2, -0.15) is 0 Å². The maximum absolute atomic E-state index is 12.0. The molecule has 1 unspecified atom stereocenters. The summed E-state index contributed by atoms with van der Waals surface area (Å²) in [7, 11) is -4.23. The molecule has 1 aromatic carbocycles. The molecule has 94 valence electrons. The number of hydrogen-bond acceptors (Lipinski definition) is 5. The van der Waals surface area contributed by atoms with Crippen LogP contribution in [0.4, 0.5) is 0 Å². The van der Waals surface area contributed by atoms with Crippen molar-refractivity contribution in [2.75, 3.05) is 6.54 Å². The number of halogens is 1. The molecular formula is C9H11BrN2O4S. The monoisotopic (exact) mass is 322 g/mol. The van der Waals surface area contributed by atoms with Crippen LogP contribution in [0.5, 0.6) is 0 Å². The van der Waals surface area contributed by atoms with Crippen molar-refractivity contribution in [3.8, 4) is 0 Å². The first kappa shape index (κ1) is 14.1. The zero-order valence-corrected chi connectivity index (χ0v) is 11.0. The van der Waals surface area contributed by atoms with E-state index in [-0.39, 0.29) is 4.90 Å². The number of benzene rings is 1. The standard InChI is InChI=1S/C9H11BrN2O4S/c10-6-1-3-7(4-2-6)17(15,16)9(12,5-11)8(13)14/h1-4H,5,11-12H2,(H,13,14). The molecule has 1 atom stereocenters. The molecule has 0 fully saturated rings. The molecule has 0 heterocycles. The van der Waals surface area contributed by atoms with E-state index < -0.39 is 27.2 Å². The van der Waals surface area contributed by atoms with Crippen LogP contribution in [0.2, 0.25) is 0 Å². The number of carboxylic acids is 1. The van der Waals surface area contributed by atoms with Crippen LogP contribution >= 0.6 is 15.9 Å². The van der Waals surface area contributed by atoms with Crippen molar-refractivity contribution in [2.24, 2.45) is 11.5 Å². The van der Waals surface area contributed by atoms with Gasteiger partial charge in [-0.15, -0.1) is 0 Å². The Bertz CT molecular complexity index is 528. The van der Waals surface area contributed by atoms with E-state index >= 15 is 0 Å². The molecule has 0 radical (unpaired) electrons. The van der Waals surface area contributed by atoms with Gasteiger partial charge < -0.3 is 16.6 Å². The Kier molecular flexibility index (Phi) is 3.92. The summed E-state index contributed by atoms with van der Waals surface area (Å²) >= 11 is 3.14. The summed E-state index contributed by atoms with van der Waals surface area (Å²) in [6.45, 7) is -0.708. The van der Waals surface area contributed by atoms with Crippen LogP contribution in [-0.4, -0.2) is 30.9 Å². The van der Waals surface area contributed by atoms with Crippen molar-refractivity contribution in [2.45, 2.75) is 9.77 Å². The highest BCUT2D eigenvalue weighted by molar-refractivity contribution is 9.10. The number of hydrogen-bond donors (Lipinski definition) is 3. The molecule has 0 saturated carbocycles. The number of carbonyl (C=O) groups is 1. The molecule has 0 amide bonds. The van der Waals surface area contributed by atoms with Crippen molar-refractivity contribution < 1.29 is 18.3 Å². The first-order chi connectivity index (χ1) is 7.75. The van der Waals surface area contributed by atoms with Crippen molar-refractivity contribution in [3.05, 3.63) is 28.7 Å². The van der Waals surface area contributed by atoms with Crippen LogP contribution in [0.3, 0.4) is 0 Å². The van der Waals surface area contributed by atoms with Crippen molar-refractivity contribution in [1.82, 2.24) is 0 Å². The zero-order chi connectivity index (χ0) is 13.3. The van der Waals surface area contributed by atoms with Gasteiger partial charge in [-0.1, -0.05) is 15.9 Å². The van der Waals surface area contributed by atoms with Gasteiger partial charge in [0.25, 0.3) is 0 Å². The molecule has 0 bridgehead atoms. The number of sulfone groups is 1. The van der Waals surface area contributed by atoms with Gasteiger partial charge in [0.1, 0.15) is 0 Å². The maximum atomic E-state index is 12.0. The molecule has 1 aromatic rings. The molecule has 6 nitrogen and oxygen atoms in total. The van der Waals surface area contributed by atoms with Crippen molar-refractivity contribution in [1.29, 1.82) is 0 Å². The van der Waals surface area contributed by atoms with Crippen LogP contribution in [-0.2, 0) is 14.6 Å². The van der Waals surface area contributed by atoms with Crippen LogP contribution in [0.25, 0.3) is 0 Å². The van der Waals surface area contributed by atoms with Crippen LogP contribution in [0.1, 0.15) is 0 Å². The van der Waals surface area contributed by atoms with E-state index in [1.165, 1.54) is 24.3 Å². The first-order valence-electron chi connectivity index (χ1n) is 4.48. The van der Waals surface area contributed by atoms with E-state index in [4.69, 9.17) is 16.6 Å². The van der Waals surface area contributed by atoms with Crippen molar-refractivity contribution in [3.63, 3.8) is 0 Å². The third-order valence-electron chi connectivity index (χ3n) is 2.27. The summed E-state index contributed by atoms with van der Waals surface area (Å²) in [6.07, 6.45) is 0. The third-order valence-corrected chi connectivity index (χ3v) is 4.99. The number of aliphatic carboxylic acids is 1. The minimum atomic E-state index is -4.23. The predicted molar refractivity (Wildman–Crippen MR) is 64.9 cm³/mol. The Morgan fingerprint density at radius 1 is 1.35 bits per heavy atom. The van der Waals surface area contributed by atoms with E-state index in [0.29, 0.717) is 4.47 Å². The molecule has 0 aliphatic carbocycles. The van der Waals surface area contributed by atoms with Gasteiger partial charge in [0.05, 0.1) is 4.90 Å². The fourth-order valence-electron chi connectivity index (χ4n) is 1.14. The van der Waals surface area contributed by atoms with Gasteiger partial charge >= 0.3 is 5.97 Å². The molecule has 0 aliphatic rings. The second kappa shape index (κ2) is 4.73. The van der Waals surface area contributed by atoms with Gasteiger partial charge in [0, 0.05) is 11.0 Å². The first-order valence-corrected chi connectivity index (χ1v) is 6.76. The average molecular weight is 323 g/mol. The molecule has 5 N–H and O–H groups in total. The SMILES string of the molecule is NCC(N)(C(=O)O)S(=O)(=O)c1ccc(Br)cc1. The summed E-state index contributed by atoms with van der Waals surface area (Å²) in [4.78, 5) is 8.25. The lowest BCUT2D eigenvalue weighted by Gasteiger charge is -2.22. The van der Waals surface area contributed by atoms with Crippen LogP contribution < -0.4 is 11.5 Å². The highest BCUT2D eigenvalue weighted by atomic mass is 79.9. The fourth-order valence-corrected chi connectivity index (χ4v) is 2.76. The largest absolute Gasteiger partial charge is 0.479 e. The molecule has 17 heavy (non-hydrogen) atoms. The molecule has 0 saturated heterocycles. The Morgan fingerprint density at radius 2 is 1.82 bits per heavy atom. The van der Waals surface area contributed by atoms with Crippen LogP contribution in [0, 0.1) is 0 Å². The number of carboxylic acid groups (broad SMARTS) is 1. The Hall–Kier alpha value is -0.960. The summed E-state index contributed by atoms with van der Waals surface area (Å²) in [5, 5.41) is 8.89. The Balaban J connectivity index is 3.37. The molecule has 0 aliphatic heterocycles. The molecule has 1 rings (SSSR count). The summed E-state index contributed by atoms with van der Waals surface area (Å²) in [5.41, 5.74) is 10.5.